The lowest BCUT2D eigenvalue weighted by Crippen LogP contribution is -2.27. The van der Waals surface area contributed by atoms with Gasteiger partial charge in [0.2, 0.25) is 0 Å². The lowest BCUT2D eigenvalue weighted by molar-refractivity contribution is -0.138. The van der Waals surface area contributed by atoms with Crippen LogP contribution < -0.4 is 0 Å². The normalized spacial score (nSPS) is 17.2. The van der Waals surface area contributed by atoms with Gasteiger partial charge < -0.3 is 5.11 Å². The molecule has 0 unspecified atom stereocenters. The van der Waals surface area contributed by atoms with Crippen molar-refractivity contribution in [2.45, 2.75) is 56.1 Å². The number of carbonyl (C=O) groups is 1. The highest BCUT2D eigenvalue weighted by atomic mass is 32.2. The summed E-state index contributed by atoms with van der Waals surface area (Å²) in [6.45, 7) is 3.46. The van der Waals surface area contributed by atoms with Gasteiger partial charge in [-0.05, 0) is 32.8 Å². The van der Waals surface area contributed by atoms with E-state index < -0.39 is 10.7 Å². The van der Waals surface area contributed by atoms with Crippen molar-refractivity contribution in [1.29, 1.82) is 0 Å². The molecule has 0 amide bonds. The van der Waals surface area contributed by atoms with Crippen molar-refractivity contribution in [2.24, 2.45) is 0 Å². The Morgan fingerprint density at radius 2 is 2.22 bits per heavy atom. The molecule has 1 fully saturated rings. The largest absolute Gasteiger partial charge is 0.480 e. The molecule has 0 spiro atoms. The van der Waals surface area contributed by atoms with Gasteiger partial charge in [-0.15, -0.1) is 11.8 Å². The molecule has 1 N–H and O–H groups in total. The fourth-order valence-electron chi connectivity index (χ4n) is 2.14. The maximum absolute atomic E-state index is 11.0. The van der Waals surface area contributed by atoms with Crippen molar-refractivity contribution in [1.82, 2.24) is 9.78 Å². The monoisotopic (exact) mass is 268 g/mol. The van der Waals surface area contributed by atoms with E-state index in [1.165, 1.54) is 37.4 Å². The summed E-state index contributed by atoms with van der Waals surface area (Å²) in [5.41, 5.74) is 0.973. The third kappa shape index (κ3) is 3.07. The van der Waals surface area contributed by atoms with Gasteiger partial charge in [0.25, 0.3) is 0 Å². The highest BCUT2D eigenvalue weighted by molar-refractivity contribution is 8.00. The van der Waals surface area contributed by atoms with E-state index in [2.05, 4.69) is 9.78 Å². The first-order chi connectivity index (χ1) is 8.49. The predicted molar refractivity (Wildman–Crippen MR) is 72.7 cm³/mol. The number of rotatable bonds is 5. The molecule has 100 valence electrons. The zero-order chi connectivity index (χ0) is 13.2. The summed E-state index contributed by atoms with van der Waals surface area (Å²) in [7, 11) is 0. The SMILES string of the molecule is CC(C)(SCc1ccn(C2CCCC2)n1)C(=O)O. The van der Waals surface area contributed by atoms with E-state index in [4.69, 9.17) is 5.11 Å². The van der Waals surface area contributed by atoms with Gasteiger partial charge in [0.15, 0.2) is 0 Å². The van der Waals surface area contributed by atoms with Crippen molar-refractivity contribution in [3.63, 3.8) is 0 Å². The number of nitrogens with zero attached hydrogens (tertiary/aromatic N) is 2. The maximum Gasteiger partial charge on any atom is 0.319 e. The third-order valence-electron chi connectivity index (χ3n) is 3.46. The van der Waals surface area contributed by atoms with E-state index in [1.54, 1.807) is 13.8 Å². The summed E-state index contributed by atoms with van der Waals surface area (Å²) in [5, 5.41) is 13.6. The van der Waals surface area contributed by atoms with Crippen LogP contribution in [0.5, 0.6) is 0 Å². The van der Waals surface area contributed by atoms with Crippen molar-refractivity contribution >= 4 is 17.7 Å². The Labute approximate surface area is 112 Å². The number of carboxylic acids is 1. The molecule has 18 heavy (non-hydrogen) atoms. The van der Waals surface area contributed by atoms with Gasteiger partial charge in [-0.2, -0.15) is 5.10 Å². The highest BCUT2D eigenvalue weighted by Gasteiger charge is 2.28. The minimum atomic E-state index is -0.775. The van der Waals surface area contributed by atoms with Crippen LogP contribution in [0.2, 0.25) is 0 Å². The average Bonchev–Trinajstić information content (AvgIpc) is 2.97. The Kier molecular flexibility index (Phi) is 4.00. The van der Waals surface area contributed by atoms with Crippen molar-refractivity contribution in [3.8, 4) is 0 Å². The number of thioether (sulfide) groups is 1. The van der Waals surface area contributed by atoms with E-state index >= 15 is 0 Å². The number of hydrogen-bond donors (Lipinski definition) is 1. The smallest absolute Gasteiger partial charge is 0.319 e. The first-order valence-corrected chi connectivity index (χ1v) is 7.39. The predicted octanol–water partition coefficient (Wildman–Crippen LogP) is 3.09. The molecule has 0 atom stereocenters. The van der Waals surface area contributed by atoms with Gasteiger partial charge in [-0.3, -0.25) is 9.48 Å². The van der Waals surface area contributed by atoms with Gasteiger partial charge >= 0.3 is 5.97 Å². The second-order valence-corrected chi connectivity index (χ2v) is 6.93. The highest BCUT2D eigenvalue weighted by Crippen LogP contribution is 2.30. The summed E-state index contributed by atoms with van der Waals surface area (Å²) >= 11 is 1.42. The zero-order valence-electron chi connectivity index (χ0n) is 10.9. The lowest BCUT2D eigenvalue weighted by atomic mass is 10.2. The number of aliphatic carboxylic acids is 1. The van der Waals surface area contributed by atoms with Crippen LogP contribution in [0.25, 0.3) is 0 Å². The fraction of sp³-hybridized carbons (Fsp3) is 0.692. The molecule has 0 bridgehead atoms. The molecule has 5 heteroatoms. The summed E-state index contributed by atoms with van der Waals surface area (Å²) in [6.07, 6.45) is 7.05. The lowest BCUT2D eigenvalue weighted by Gasteiger charge is -2.17. The Bertz CT molecular complexity index is 422. The topological polar surface area (TPSA) is 55.1 Å². The van der Waals surface area contributed by atoms with Crippen molar-refractivity contribution < 1.29 is 9.90 Å². The van der Waals surface area contributed by atoms with E-state index in [0.717, 1.165) is 5.69 Å². The Morgan fingerprint density at radius 3 is 2.83 bits per heavy atom. The van der Waals surface area contributed by atoms with Gasteiger partial charge in [0, 0.05) is 11.9 Å². The van der Waals surface area contributed by atoms with Gasteiger partial charge in [-0.1, -0.05) is 12.8 Å². The van der Waals surface area contributed by atoms with Gasteiger partial charge in [0.05, 0.1) is 11.7 Å². The minimum Gasteiger partial charge on any atom is -0.480 e. The van der Waals surface area contributed by atoms with Crippen molar-refractivity contribution in [3.05, 3.63) is 18.0 Å². The first-order valence-electron chi connectivity index (χ1n) is 6.40. The molecule has 1 heterocycles. The molecule has 0 aromatic carbocycles. The molecule has 4 nitrogen and oxygen atoms in total. The summed E-state index contributed by atoms with van der Waals surface area (Å²) in [4.78, 5) is 11.0. The first kappa shape index (κ1) is 13.5. The van der Waals surface area contributed by atoms with E-state index in [0.29, 0.717) is 11.8 Å². The number of hydrogen-bond acceptors (Lipinski definition) is 3. The Morgan fingerprint density at radius 1 is 1.56 bits per heavy atom. The summed E-state index contributed by atoms with van der Waals surface area (Å²) in [5.74, 6) is -0.123. The van der Waals surface area contributed by atoms with Crippen LogP contribution in [-0.4, -0.2) is 25.6 Å². The molecule has 1 aliphatic carbocycles. The van der Waals surface area contributed by atoms with Gasteiger partial charge in [-0.25, -0.2) is 0 Å². The van der Waals surface area contributed by atoms with Crippen LogP contribution in [0.15, 0.2) is 12.3 Å². The average molecular weight is 268 g/mol. The molecule has 0 saturated heterocycles. The molecule has 1 aromatic heterocycles. The van der Waals surface area contributed by atoms with Crippen LogP contribution in [-0.2, 0) is 10.5 Å². The molecule has 1 saturated carbocycles. The van der Waals surface area contributed by atoms with E-state index in [9.17, 15) is 4.79 Å². The van der Waals surface area contributed by atoms with Crippen LogP contribution in [0, 0.1) is 0 Å². The van der Waals surface area contributed by atoms with Crippen molar-refractivity contribution in [2.75, 3.05) is 0 Å². The maximum atomic E-state index is 11.0. The van der Waals surface area contributed by atoms with Gasteiger partial charge in [0.1, 0.15) is 4.75 Å². The van der Waals surface area contributed by atoms with Crippen LogP contribution in [0.4, 0.5) is 0 Å². The second-order valence-electron chi connectivity index (χ2n) is 5.33. The molecule has 1 aromatic rings. The quantitative estimate of drug-likeness (QED) is 0.891. The minimum absolute atomic E-state index is 0.552. The van der Waals surface area contributed by atoms with E-state index in [-0.39, 0.29) is 0 Å². The molecule has 2 rings (SSSR count). The summed E-state index contributed by atoms with van der Waals surface area (Å²) < 4.78 is 1.30. The zero-order valence-corrected chi connectivity index (χ0v) is 11.7. The molecule has 1 aliphatic rings. The second kappa shape index (κ2) is 5.34. The molecule has 0 radical (unpaired) electrons. The molecular formula is C13H20N2O2S. The van der Waals surface area contributed by atoms with Crippen LogP contribution in [0.3, 0.4) is 0 Å². The summed E-state index contributed by atoms with van der Waals surface area (Å²) in [6, 6.07) is 2.56. The van der Waals surface area contributed by atoms with E-state index in [1.807, 2.05) is 12.3 Å². The number of aromatic nitrogens is 2. The number of carboxylic acid groups (broad SMARTS) is 1. The molecule has 0 aliphatic heterocycles. The Hall–Kier alpha value is -0.970. The Balaban J connectivity index is 1.92. The van der Waals surface area contributed by atoms with Crippen LogP contribution >= 0.6 is 11.8 Å². The third-order valence-corrected chi connectivity index (χ3v) is 4.79. The van der Waals surface area contributed by atoms with Crippen LogP contribution in [0.1, 0.15) is 51.3 Å². The molecular weight excluding hydrogens is 248 g/mol. The standard InChI is InChI=1S/C13H20N2O2S/c1-13(2,12(16)17)18-9-10-7-8-15(14-10)11-5-3-4-6-11/h7-8,11H,3-6,9H2,1-2H3,(H,16,17). The fourth-order valence-corrected chi connectivity index (χ4v) is 2.93.